The molecule has 2 saturated heterocycles. The van der Waals surface area contributed by atoms with Crippen LogP contribution in [0.2, 0.25) is 0 Å². The molecule has 2 aliphatic heterocycles. The third-order valence-electron chi connectivity index (χ3n) is 6.69. The minimum atomic E-state index is -0.155. The maximum atomic E-state index is 13.4. The molecular weight excluding hydrogens is 379 g/mol. The molecule has 5 nitrogen and oxygen atoms in total. The molecule has 2 aliphatic rings. The van der Waals surface area contributed by atoms with Gasteiger partial charge in [-0.05, 0) is 62.9 Å². The van der Waals surface area contributed by atoms with Crippen molar-refractivity contribution < 1.29 is 9.18 Å². The highest BCUT2D eigenvalue weighted by Gasteiger charge is 2.25. The fraction of sp³-hybridized carbons (Fsp3) is 0.708. The second kappa shape index (κ2) is 11.8. The van der Waals surface area contributed by atoms with E-state index in [1.165, 1.54) is 18.9 Å². The van der Waals surface area contributed by atoms with E-state index < -0.39 is 0 Å². The van der Waals surface area contributed by atoms with Crippen molar-refractivity contribution in [1.82, 2.24) is 19.6 Å². The average Bonchev–Trinajstić information content (AvgIpc) is 2.77. The standard InChI is InChI=1S/C24H39FN4O/c1-3-26-13-15-28(16-14-26)20-24(30)29(4-2)19-22-8-6-11-27(18-22)12-10-21-7-5-9-23(25)17-21/h5,7,9,17,22H,3-4,6,8,10-16,18-20H2,1-2H3/t22-/m0/s1. The molecule has 168 valence electrons. The number of halogens is 1. The van der Waals surface area contributed by atoms with E-state index in [-0.39, 0.29) is 11.7 Å². The highest BCUT2D eigenvalue weighted by molar-refractivity contribution is 5.78. The van der Waals surface area contributed by atoms with E-state index in [1.54, 1.807) is 12.1 Å². The molecule has 0 aliphatic carbocycles. The van der Waals surface area contributed by atoms with Gasteiger partial charge in [0.1, 0.15) is 5.82 Å². The summed E-state index contributed by atoms with van der Waals surface area (Å²) >= 11 is 0. The Labute approximate surface area is 181 Å². The highest BCUT2D eigenvalue weighted by Crippen LogP contribution is 2.19. The van der Waals surface area contributed by atoms with Crippen molar-refractivity contribution in [3.63, 3.8) is 0 Å². The summed E-state index contributed by atoms with van der Waals surface area (Å²) in [5.41, 5.74) is 1.06. The van der Waals surface area contributed by atoms with Crippen molar-refractivity contribution in [2.45, 2.75) is 33.1 Å². The van der Waals surface area contributed by atoms with Gasteiger partial charge >= 0.3 is 0 Å². The molecule has 1 atom stereocenters. The Kier molecular flexibility index (Phi) is 9.09. The molecule has 2 fully saturated rings. The van der Waals surface area contributed by atoms with Crippen molar-refractivity contribution in [2.24, 2.45) is 5.92 Å². The molecule has 6 heteroatoms. The summed E-state index contributed by atoms with van der Waals surface area (Å²) in [7, 11) is 0. The zero-order valence-corrected chi connectivity index (χ0v) is 18.9. The van der Waals surface area contributed by atoms with E-state index in [4.69, 9.17) is 0 Å². The smallest absolute Gasteiger partial charge is 0.236 e. The first-order valence-electron chi connectivity index (χ1n) is 11.8. The molecule has 0 unspecified atom stereocenters. The lowest BCUT2D eigenvalue weighted by Gasteiger charge is -2.37. The summed E-state index contributed by atoms with van der Waals surface area (Å²) in [6, 6.07) is 6.93. The van der Waals surface area contributed by atoms with Gasteiger partial charge in [-0.3, -0.25) is 9.69 Å². The van der Waals surface area contributed by atoms with Crippen molar-refractivity contribution in [3.8, 4) is 0 Å². The third kappa shape index (κ3) is 7.03. The number of amides is 1. The van der Waals surface area contributed by atoms with Crippen LogP contribution in [0, 0.1) is 11.7 Å². The number of benzene rings is 1. The molecule has 1 aromatic rings. The third-order valence-corrected chi connectivity index (χ3v) is 6.69. The summed E-state index contributed by atoms with van der Waals surface area (Å²) in [6.45, 7) is 14.8. The molecule has 2 heterocycles. The average molecular weight is 419 g/mol. The minimum Gasteiger partial charge on any atom is -0.342 e. The van der Waals surface area contributed by atoms with Crippen molar-refractivity contribution in [3.05, 3.63) is 35.6 Å². The zero-order chi connectivity index (χ0) is 21.3. The number of likely N-dealkylation sites (N-methyl/N-ethyl adjacent to an activating group) is 2. The van der Waals surface area contributed by atoms with Crippen LogP contribution >= 0.6 is 0 Å². The molecule has 0 radical (unpaired) electrons. The maximum absolute atomic E-state index is 13.4. The maximum Gasteiger partial charge on any atom is 0.236 e. The van der Waals surface area contributed by atoms with Crippen molar-refractivity contribution >= 4 is 5.91 Å². The summed E-state index contributed by atoms with van der Waals surface area (Å²) in [5, 5.41) is 0. The van der Waals surface area contributed by atoms with Gasteiger partial charge in [-0.15, -0.1) is 0 Å². The van der Waals surface area contributed by atoms with Crippen molar-refractivity contribution in [2.75, 3.05) is 72.0 Å². The first kappa shape index (κ1) is 23.2. The number of rotatable bonds is 9. The lowest BCUT2D eigenvalue weighted by Crippen LogP contribution is -2.51. The van der Waals surface area contributed by atoms with E-state index in [9.17, 15) is 9.18 Å². The van der Waals surface area contributed by atoms with E-state index in [2.05, 4.69) is 33.4 Å². The van der Waals surface area contributed by atoms with Gasteiger partial charge < -0.3 is 14.7 Å². The van der Waals surface area contributed by atoms with Gasteiger partial charge in [-0.25, -0.2) is 4.39 Å². The number of piperidine rings is 1. The summed E-state index contributed by atoms with van der Waals surface area (Å²) in [5.74, 6) is 0.656. The minimum absolute atomic E-state index is 0.155. The molecule has 1 amide bonds. The molecule has 1 aromatic carbocycles. The zero-order valence-electron chi connectivity index (χ0n) is 18.9. The van der Waals surface area contributed by atoms with E-state index in [0.29, 0.717) is 12.5 Å². The van der Waals surface area contributed by atoms with Crippen LogP contribution in [0.25, 0.3) is 0 Å². The van der Waals surface area contributed by atoms with Crippen molar-refractivity contribution in [1.29, 1.82) is 0 Å². The number of carbonyl (C=O) groups is 1. The number of likely N-dealkylation sites (tertiary alicyclic amines) is 1. The monoisotopic (exact) mass is 418 g/mol. The van der Waals surface area contributed by atoms with Gasteiger partial charge in [0, 0.05) is 52.4 Å². The second-order valence-electron chi connectivity index (χ2n) is 8.83. The van der Waals surface area contributed by atoms with E-state index in [1.807, 2.05) is 6.07 Å². The normalized spacial score (nSPS) is 21.6. The predicted octanol–water partition coefficient (Wildman–Crippen LogP) is 2.57. The molecular formula is C24H39FN4O. The van der Waals surface area contributed by atoms with Gasteiger partial charge in [-0.2, -0.15) is 0 Å². The molecule has 30 heavy (non-hydrogen) atoms. The van der Waals surface area contributed by atoms with Gasteiger partial charge in [0.05, 0.1) is 6.54 Å². The summed E-state index contributed by atoms with van der Waals surface area (Å²) in [4.78, 5) is 22.2. The van der Waals surface area contributed by atoms with Crippen LogP contribution in [0.5, 0.6) is 0 Å². The second-order valence-corrected chi connectivity index (χ2v) is 8.83. The fourth-order valence-electron chi connectivity index (χ4n) is 4.76. The van der Waals surface area contributed by atoms with Crippen LogP contribution in [-0.4, -0.2) is 97.5 Å². The predicted molar refractivity (Wildman–Crippen MR) is 120 cm³/mol. The van der Waals surface area contributed by atoms with Crippen LogP contribution in [0.15, 0.2) is 24.3 Å². The first-order chi connectivity index (χ1) is 14.6. The number of piperazine rings is 1. The molecule has 3 rings (SSSR count). The Morgan fingerprint density at radius 2 is 1.87 bits per heavy atom. The topological polar surface area (TPSA) is 30.0 Å². The van der Waals surface area contributed by atoms with Gasteiger partial charge in [0.2, 0.25) is 5.91 Å². The molecule has 0 N–H and O–H groups in total. The quantitative estimate of drug-likeness (QED) is 0.617. The Morgan fingerprint density at radius 3 is 2.57 bits per heavy atom. The number of carbonyl (C=O) groups excluding carboxylic acids is 1. The van der Waals surface area contributed by atoms with Crippen LogP contribution in [0.3, 0.4) is 0 Å². The van der Waals surface area contributed by atoms with Crippen LogP contribution < -0.4 is 0 Å². The van der Waals surface area contributed by atoms with Crippen LogP contribution in [0.1, 0.15) is 32.3 Å². The van der Waals surface area contributed by atoms with Gasteiger partial charge in [0.25, 0.3) is 0 Å². The van der Waals surface area contributed by atoms with E-state index >= 15 is 0 Å². The van der Waals surface area contributed by atoms with E-state index in [0.717, 1.165) is 77.4 Å². The van der Waals surface area contributed by atoms with Gasteiger partial charge in [-0.1, -0.05) is 19.1 Å². The number of nitrogens with zero attached hydrogens (tertiary/aromatic N) is 4. The summed E-state index contributed by atoms with van der Waals surface area (Å²) < 4.78 is 13.4. The Hall–Kier alpha value is -1.50. The lowest BCUT2D eigenvalue weighted by atomic mass is 9.96. The molecule has 0 saturated carbocycles. The van der Waals surface area contributed by atoms with Crippen LogP contribution in [0.4, 0.5) is 4.39 Å². The number of hydrogen-bond donors (Lipinski definition) is 0. The Morgan fingerprint density at radius 1 is 1.10 bits per heavy atom. The van der Waals surface area contributed by atoms with Crippen LogP contribution in [-0.2, 0) is 11.2 Å². The Bertz CT molecular complexity index is 662. The molecule has 0 aromatic heterocycles. The highest BCUT2D eigenvalue weighted by atomic mass is 19.1. The lowest BCUT2D eigenvalue weighted by molar-refractivity contribution is -0.133. The first-order valence-corrected chi connectivity index (χ1v) is 11.8. The molecule has 0 spiro atoms. The van der Waals surface area contributed by atoms with Gasteiger partial charge in [0.15, 0.2) is 0 Å². The SMILES string of the molecule is CCN1CCN(CC(=O)N(CC)C[C@H]2CCCN(CCc3cccc(F)c3)C2)CC1. The number of hydrogen-bond acceptors (Lipinski definition) is 4. The fourth-order valence-corrected chi connectivity index (χ4v) is 4.76. The molecule has 0 bridgehead atoms. The Balaban J connectivity index is 1.43. The summed E-state index contributed by atoms with van der Waals surface area (Å²) in [6.07, 6.45) is 3.25. The largest absolute Gasteiger partial charge is 0.342 e.